The first kappa shape index (κ1) is 20.9. The number of ether oxygens (including phenoxy) is 1. The summed E-state index contributed by atoms with van der Waals surface area (Å²) in [4.78, 5) is 14.3. The Hall–Kier alpha value is -2.87. The molecule has 6 nitrogen and oxygen atoms in total. The molecule has 0 aliphatic rings. The molecule has 0 saturated heterocycles. The van der Waals surface area contributed by atoms with Crippen LogP contribution in [0.25, 0.3) is 0 Å². The molecule has 148 valence electrons. The number of rotatable bonds is 6. The average Bonchev–Trinajstić information content (AvgIpc) is 2.69. The Labute approximate surface area is 177 Å². The van der Waals surface area contributed by atoms with E-state index >= 15 is 0 Å². The molecular formula is C20H14Cl2N2O4S. The van der Waals surface area contributed by atoms with E-state index in [0.29, 0.717) is 21.2 Å². The maximum absolute atomic E-state index is 12.2. The van der Waals surface area contributed by atoms with E-state index in [-0.39, 0.29) is 10.6 Å². The molecule has 0 radical (unpaired) electrons. The number of nitrogens with one attached hydrogen (secondary N) is 1. The van der Waals surface area contributed by atoms with Crippen LogP contribution in [0.4, 0.5) is 0 Å². The third kappa shape index (κ3) is 5.80. The molecular weight excluding hydrogens is 435 g/mol. The van der Waals surface area contributed by atoms with Gasteiger partial charge in [-0.25, -0.2) is 9.63 Å². The van der Waals surface area contributed by atoms with E-state index in [1.807, 2.05) is 0 Å². The molecule has 0 bridgehead atoms. The molecule has 0 atom stereocenters. The highest BCUT2D eigenvalue weighted by Gasteiger charge is 2.12. The number of sulfonamides is 1. The highest BCUT2D eigenvalue weighted by atomic mass is 35.5. The van der Waals surface area contributed by atoms with Crippen molar-refractivity contribution in [2.75, 3.05) is 0 Å². The van der Waals surface area contributed by atoms with Gasteiger partial charge in [-0.2, -0.15) is 13.5 Å². The van der Waals surface area contributed by atoms with Gasteiger partial charge in [-0.1, -0.05) is 35.3 Å². The van der Waals surface area contributed by atoms with Crippen molar-refractivity contribution in [1.29, 1.82) is 0 Å². The molecule has 0 aliphatic heterocycles. The quantitative estimate of drug-likeness (QED) is 0.260. The van der Waals surface area contributed by atoms with Gasteiger partial charge in [-0.15, -0.1) is 0 Å². The molecule has 0 aromatic heterocycles. The van der Waals surface area contributed by atoms with Crippen LogP contribution in [0.2, 0.25) is 10.0 Å². The van der Waals surface area contributed by atoms with Crippen molar-refractivity contribution in [2.45, 2.75) is 4.90 Å². The topological polar surface area (TPSA) is 84.8 Å². The lowest BCUT2D eigenvalue weighted by molar-refractivity contribution is 0.0735. The Morgan fingerprint density at radius 3 is 2.21 bits per heavy atom. The summed E-state index contributed by atoms with van der Waals surface area (Å²) in [6, 6.07) is 18.5. The van der Waals surface area contributed by atoms with E-state index < -0.39 is 16.0 Å². The fourth-order valence-electron chi connectivity index (χ4n) is 2.25. The van der Waals surface area contributed by atoms with Gasteiger partial charge in [0.1, 0.15) is 5.75 Å². The van der Waals surface area contributed by atoms with E-state index in [2.05, 4.69) is 9.93 Å². The summed E-state index contributed by atoms with van der Waals surface area (Å²) in [6.45, 7) is 0. The molecule has 0 saturated carbocycles. The maximum Gasteiger partial charge on any atom is 0.343 e. The number of nitrogens with zero attached hydrogens (tertiary/aromatic N) is 1. The van der Waals surface area contributed by atoms with Crippen molar-refractivity contribution in [2.24, 2.45) is 5.10 Å². The average molecular weight is 449 g/mol. The number of esters is 1. The second kappa shape index (κ2) is 9.09. The zero-order valence-corrected chi connectivity index (χ0v) is 17.1. The Kier molecular flexibility index (Phi) is 6.53. The molecule has 0 unspecified atom stereocenters. The second-order valence-corrected chi connectivity index (χ2v) is 8.31. The molecule has 0 fully saturated rings. The molecule has 0 heterocycles. The van der Waals surface area contributed by atoms with Crippen LogP contribution in [-0.2, 0) is 10.0 Å². The van der Waals surface area contributed by atoms with Crippen LogP contribution in [0.5, 0.6) is 5.75 Å². The molecule has 3 rings (SSSR count). The van der Waals surface area contributed by atoms with Crippen molar-refractivity contribution >= 4 is 45.4 Å². The Bertz CT molecular complexity index is 1150. The predicted octanol–water partition coefficient (Wildman–Crippen LogP) is 4.53. The minimum Gasteiger partial charge on any atom is -0.423 e. The van der Waals surface area contributed by atoms with Gasteiger partial charge in [0.15, 0.2) is 0 Å². The number of hydrogen-bond donors (Lipinski definition) is 1. The fourth-order valence-corrected chi connectivity index (χ4v) is 3.29. The van der Waals surface area contributed by atoms with Gasteiger partial charge in [0.25, 0.3) is 10.0 Å². The number of carbonyl (C=O) groups excluding carboxylic acids is 1. The number of halogens is 2. The summed E-state index contributed by atoms with van der Waals surface area (Å²) in [5.74, 6) is -0.256. The zero-order chi connectivity index (χ0) is 20.9. The predicted molar refractivity (Wildman–Crippen MR) is 112 cm³/mol. The van der Waals surface area contributed by atoms with Crippen molar-refractivity contribution in [3.63, 3.8) is 0 Å². The third-order valence-electron chi connectivity index (χ3n) is 3.66. The SMILES string of the molecule is O=C(Oc1cccc(/C=N\NS(=O)(=O)c2ccc(Cl)cc2)c1)c1ccc(Cl)cc1. The second-order valence-electron chi connectivity index (χ2n) is 5.78. The highest BCUT2D eigenvalue weighted by Crippen LogP contribution is 2.16. The van der Waals surface area contributed by atoms with Crippen molar-refractivity contribution in [3.05, 3.63) is 94.0 Å². The largest absolute Gasteiger partial charge is 0.423 e. The van der Waals surface area contributed by atoms with E-state index in [9.17, 15) is 13.2 Å². The lowest BCUT2D eigenvalue weighted by Crippen LogP contribution is -2.18. The molecule has 3 aromatic rings. The van der Waals surface area contributed by atoms with Crippen LogP contribution in [0.15, 0.2) is 82.8 Å². The molecule has 1 N–H and O–H groups in total. The third-order valence-corrected chi connectivity index (χ3v) is 5.40. The fraction of sp³-hybridized carbons (Fsp3) is 0. The summed E-state index contributed by atoms with van der Waals surface area (Å²) < 4.78 is 29.7. The van der Waals surface area contributed by atoms with Gasteiger partial charge in [-0.3, -0.25) is 0 Å². The van der Waals surface area contributed by atoms with Crippen molar-refractivity contribution in [3.8, 4) is 5.75 Å². The van der Waals surface area contributed by atoms with Gasteiger partial charge >= 0.3 is 5.97 Å². The minimum absolute atomic E-state index is 0.0321. The van der Waals surface area contributed by atoms with Crippen LogP contribution in [0.1, 0.15) is 15.9 Å². The van der Waals surface area contributed by atoms with Crippen LogP contribution in [0.3, 0.4) is 0 Å². The number of benzene rings is 3. The summed E-state index contributed by atoms with van der Waals surface area (Å²) in [5, 5.41) is 4.69. The van der Waals surface area contributed by atoms with Gasteiger partial charge < -0.3 is 4.74 Å². The van der Waals surface area contributed by atoms with Crippen LogP contribution >= 0.6 is 23.2 Å². The summed E-state index contributed by atoms with van der Waals surface area (Å²) >= 11 is 11.6. The van der Waals surface area contributed by atoms with E-state index in [4.69, 9.17) is 27.9 Å². The number of hydrogen-bond acceptors (Lipinski definition) is 5. The van der Waals surface area contributed by atoms with Crippen LogP contribution in [0, 0.1) is 0 Å². The maximum atomic E-state index is 12.2. The Morgan fingerprint density at radius 2 is 1.55 bits per heavy atom. The van der Waals surface area contributed by atoms with E-state index in [0.717, 1.165) is 0 Å². The number of hydrazone groups is 1. The first-order valence-electron chi connectivity index (χ1n) is 8.22. The first-order chi connectivity index (χ1) is 13.8. The summed E-state index contributed by atoms with van der Waals surface area (Å²) in [6.07, 6.45) is 1.30. The van der Waals surface area contributed by atoms with Crippen molar-refractivity contribution < 1.29 is 17.9 Å². The molecule has 0 aliphatic carbocycles. The standard InChI is InChI=1S/C20H14Cl2N2O4S/c21-16-6-4-15(5-7-16)20(25)28-18-3-1-2-14(12-18)13-23-24-29(26,27)19-10-8-17(22)9-11-19/h1-13,24H/b23-13-. The van der Waals surface area contributed by atoms with Crippen LogP contribution < -0.4 is 9.57 Å². The summed E-state index contributed by atoms with van der Waals surface area (Å²) in [5.41, 5.74) is 0.884. The van der Waals surface area contributed by atoms with Gasteiger partial charge in [0, 0.05) is 10.0 Å². The monoisotopic (exact) mass is 448 g/mol. The van der Waals surface area contributed by atoms with Gasteiger partial charge in [0.05, 0.1) is 16.7 Å². The minimum atomic E-state index is -3.82. The smallest absolute Gasteiger partial charge is 0.343 e. The lowest BCUT2D eigenvalue weighted by atomic mass is 10.2. The molecule has 3 aromatic carbocycles. The molecule has 0 spiro atoms. The van der Waals surface area contributed by atoms with E-state index in [1.54, 1.807) is 48.5 Å². The Balaban J connectivity index is 1.67. The Morgan fingerprint density at radius 1 is 0.931 bits per heavy atom. The molecule has 0 amide bonds. The summed E-state index contributed by atoms with van der Waals surface area (Å²) in [7, 11) is -3.82. The highest BCUT2D eigenvalue weighted by molar-refractivity contribution is 7.89. The molecule has 29 heavy (non-hydrogen) atoms. The zero-order valence-electron chi connectivity index (χ0n) is 14.7. The normalized spacial score (nSPS) is 11.4. The number of carbonyl (C=O) groups is 1. The van der Waals surface area contributed by atoms with E-state index in [1.165, 1.54) is 30.5 Å². The van der Waals surface area contributed by atoms with Gasteiger partial charge in [0.2, 0.25) is 0 Å². The van der Waals surface area contributed by atoms with Gasteiger partial charge in [-0.05, 0) is 66.2 Å². The van der Waals surface area contributed by atoms with Crippen LogP contribution in [-0.4, -0.2) is 20.6 Å². The molecule has 9 heteroatoms. The van der Waals surface area contributed by atoms with Crippen molar-refractivity contribution in [1.82, 2.24) is 4.83 Å². The lowest BCUT2D eigenvalue weighted by Gasteiger charge is -2.05. The first-order valence-corrected chi connectivity index (χ1v) is 10.5.